The van der Waals surface area contributed by atoms with E-state index in [-0.39, 0.29) is 25.5 Å². The number of anilines is 1. The van der Waals surface area contributed by atoms with Crippen LogP contribution in [-0.4, -0.2) is 44.3 Å². The molecule has 0 unspecified atom stereocenters. The summed E-state index contributed by atoms with van der Waals surface area (Å²) in [7, 11) is 0. The number of hydrogen-bond acceptors (Lipinski definition) is 3. The lowest BCUT2D eigenvalue weighted by molar-refractivity contribution is -0.00000927. The summed E-state index contributed by atoms with van der Waals surface area (Å²) in [6, 6.07) is 7.53. The number of halogens is 5. The van der Waals surface area contributed by atoms with Crippen LogP contribution in [0.25, 0.3) is 6.08 Å². The maximum absolute atomic E-state index is 14.8. The van der Waals surface area contributed by atoms with Crippen LogP contribution < -0.4 is 17.3 Å². The topological polar surface area (TPSA) is 15.7 Å². The number of fused-ring (bicyclic) bond motifs is 1. The lowest BCUT2D eigenvalue weighted by Gasteiger charge is -2.31. The van der Waals surface area contributed by atoms with Gasteiger partial charge in [0.2, 0.25) is 0 Å². The smallest absolute Gasteiger partial charge is 0.185 e. The monoisotopic (exact) mass is 441 g/mol. The summed E-state index contributed by atoms with van der Waals surface area (Å²) in [5.41, 5.74) is 0.648. The van der Waals surface area contributed by atoms with Gasteiger partial charge in [0.25, 0.3) is 0 Å². The van der Waals surface area contributed by atoms with Crippen LogP contribution in [0.5, 0.6) is 0 Å². The Bertz CT molecular complexity index is 903. The zero-order valence-electron chi connectivity index (χ0n) is 16.3. The second-order valence-electron chi connectivity index (χ2n) is 7.27. The van der Waals surface area contributed by atoms with Crippen LogP contribution >= 0.6 is 0 Å². The zero-order valence-corrected chi connectivity index (χ0v) is 17.1. The molecule has 30 heavy (non-hydrogen) atoms. The molecule has 0 aromatic heterocycles. The highest BCUT2D eigenvalue weighted by atomic mass is 35.5. The van der Waals surface area contributed by atoms with Crippen molar-refractivity contribution < 1.29 is 34.7 Å². The Labute approximate surface area is 179 Å². The van der Waals surface area contributed by atoms with Gasteiger partial charge in [0.15, 0.2) is 23.3 Å². The summed E-state index contributed by atoms with van der Waals surface area (Å²) >= 11 is 0. The van der Waals surface area contributed by atoms with Crippen molar-refractivity contribution in [2.45, 2.75) is 13.0 Å². The molecule has 2 heterocycles. The maximum atomic E-state index is 14.8. The van der Waals surface area contributed by atoms with Crippen molar-refractivity contribution in [1.29, 1.82) is 0 Å². The molecule has 2 aliphatic rings. The molecule has 162 valence electrons. The molecule has 4 rings (SSSR count). The van der Waals surface area contributed by atoms with Crippen molar-refractivity contribution in [2.24, 2.45) is 0 Å². The van der Waals surface area contributed by atoms with Gasteiger partial charge < -0.3 is 22.0 Å². The first kappa shape index (κ1) is 22.6. The van der Waals surface area contributed by atoms with E-state index in [0.29, 0.717) is 39.3 Å². The minimum atomic E-state index is -1.36. The van der Waals surface area contributed by atoms with Gasteiger partial charge in [-0.2, -0.15) is 0 Å². The summed E-state index contributed by atoms with van der Waals surface area (Å²) in [5.74, 6) is -5.43. The van der Waals surface area contributed by atoms with Gasteiger partial charge in [-0.3, -0.25) is 4.90 Å². The Morgan fingerprint density at radius 3 is 2.17 bits per heavy atom. The first-order valence-corrected chi connectivity index (χ1v) is 9.70. The van der Waals surface area contributed by atoms with Crippen LogP contribution in [0, 0.1) is 23.3 Å². The van der Waals surface area contributed by atoms with E-state index in [1.165, 1.54) is 11.0 Å². The van der Waals surface area contributed by atoms with E-state index < -0.39 is 34.5 Å². The molecule has 1 saturated heterocycles. The second-order valence-corrected chi connectivity index (χ2v) is 7.27. The first-order chi connectivity index (χ1) is 14.1. The molecule has 2 aliphatic heterocycles. The van der Waals surface area contributed by atoms with Gasteiger partial charge in [0.05, 0.1) is 18.8 Å². The van der Waals surface area contributed by atoms with Crippen LogP contribution in [0.1, 0.15) is 16.7 Å². The van der Waals surface area contributed by atoms with Crippen molar-refractivity contribution in [3.05, 3.63) is 70.3 Å². The molecule has 2 aromatic rings. The fourth-order valence-electron chi connectivity index (χ4n) is 3.85. The quantitative estimate of drug-likeness (QED) is 0.523. The minimum Gasteiger partial charge on any atom is -1.00 e. The minimum absolute atomic E-state index is 0. The number of hydrogen-bond donors (Lipinski definition) is 0. The highest BCUT2D eigenvalue weighted by molar-refractivity contribution is 5.60. The molecular weight excluding hydrogens is 420 g/mol. The van der Waals surface area contributed by atoms with E-state index in [2.05, 4.69) is 0 Å². The summed E-state index contributed by atoms with van der Waals surface area (Å²) < 4.78 is 64.0. The van der Waals surface area contributed by atoms with E-state index in [0.717, 1.165) is 17.2 Å². The average Bonchev–Trinajstić information content (AvgIpc) is 2.75. The Balaban J connectivity index is 0.00000256. The Morgan fingerprint density at radius 2 is 1.50 bits per heavy atom. The van der Waals surface area contributed by atoms with E-state index in [1.807, 2.05) is 29.2 Å². The van der Waals surface area contributed by atoms with Crippen molar-refractivity contribution in [3.63, 3.8) is 0 Å². The lowest BCUT2D eigenvalue weighted by Crippen LogP contribution is -3.00. The third kappa shape index (κ3) is 4.48. The third-order valence-corrected chi connectivity index (χ3v) is 5.47. The van der Waals surface area contributed by atoms with Crippen LogP contribution in [0.4, 0.5) is 23.2 Å². The molecule has 3 nitrogen and oxygen atoms in total. The van der Waals surface area contributed by atoms with Gasteiger partial charge in [0, 0.05) is 32.7 Å². The molecule has 0 atom stereocenters. The summed E-state index contributed by atoms with van der Waals surface area (Å²) in [4.78, 5) is 3.39. The van der Waals surface area contributed by atoms with E-state index in [4.69, 9.17) is 4.74 Å². The molecule has 0 spiro atoms. The predicted octanol–water partition coefficient (Wildman–Crippen LogP) is 1.16. The highest BCUT2D eigenvalue weighted by Crippen LogP contribution is 2.34. The fourth-order valence-corrected chi connectivity index (χ4v) is 3.85. The zero-order chi connectivity index (χ0) is 20.4. The van der Waals surface area contributed by atoms with Crippen LogP contribution in [0.2, 0.25) is 0 Å². The molecule has 1 fully saturated rings. The number of benzene rings is 2. The third-order valence-electron chi connectivity index (χ3n) is 5.47. The van der Waals surface area contributed by atoms with Crippen molar-refractivity contribution in [2.75, 3.05) is 44.3 Å². The molecular formula is C22H22ClF4N2O-. The van der Waals surface area contributed by atoms with Gasteiger partial charge in [-0.1, -0.05) is 36.4 Å². The van der Waals surface area contributed by atoms with Crippen LogP contribution in [-0.2, 0) is 17.7 Å². The van der Waals surface area contributed by atoms with Crippen molar-refractivity contribution in [3.8, 4) is 0 Å². The normalized spacial score (nSPS) is 17.1. The van der Waals surface area contributed by atoms with E-state index in [1.54, 1.807) is 0 Å². The molecule has 0 bridgehead atoms. The molecule has 0 radical (unpaired) electrons. The summed E-state index contributed by atoms with van der Waals surface area (Å²) in [5, 5.41) is 0. The predicted molar refractivity (Wildman–Crippen MR) is 104 cm³/mol. The molecule has 2 aromatic carbocycles. The lowest BCUT2D eigenvalue weighted by atomic mass is 9.99. The molecule has 0 N–H and O–H groups in total. The van der Waals surface area contributed by atoms with Crippen molar-refractivity contribution >= 4 is 11.8 Å². The summed E-state index contributed by atoms with van der Waals surface area (Å²) in [6.07, 6.45) is 3.18. The second kappa shape index (κ2) is 9.81. The molecule has 0 aliphatic carbocycles. The Morgan fingerprint density at radius 1 is 0.867 bits per heavy atom. The standard InChI is InChI=1S/C22H22F4N2O.ClH/c23-18-17(6-3-8-27-10-12-29-13-11-27)19(24)21(26)22(20(18)25)28-9-7-15-4-1-2-5-16(15)14-28;/h1-6H,7-14H2;1H/p-1/b6-3+;. The SMILES string of the molecule is Fc1c(F)c(N2CCc3ccccc3C2)c(F)c(F)c1/C=C/CN1CCOCC1.[Cl-]. The number of ether oxygens (including phenoxy) is 1. The molecule has 0 saturated carbocycles. The number of rotatable bonds is 4. The Kier molecular flexibility index (Phi) is 7.39. The number of nitrogens with zero attached hydrogens (tertiary/aromatic N) is 2. The molecule has 0 amide bonds. The van der Waals surface area contributed by atoms with Gasteiger partial charge in [-0.25, -0.2) is 17.6 Å². The first-order valence-electron chi connectivity index (χ1n) is 9.70. The largest absolute Gasteiger partial charge is 1.00 e. The van der Waals surface area contributed by atoms with E-state index in [9.17, 15) is 17.6 Å². The van der Waals surface area contributed by atoms with E-state index >= 15 is 0 Å². The Hall–Kier alpha value is -2.09. The summed E-state index contributed by atoms with van der Waals surface area (Å²) in [6.45, 7) is 3.50. The molecule has 8 heteroatoms. The van der Waals surface area contributed by atoms with Gasteiger partial charge in [0.1, 0.15) is 5.69 Å². The van der Waals surface area contributed by atoms with Crippen LogP contribution in [0.15, 0.2) is 30.3 Å². The van der Waals surface area contributed by atoms with Gasteiger partial charge >= 0.3 is 0 Å². The average molecular weight is 442 g/mol. The fraction of sp³-hybridized carbons (Fsp3) is 0.364. The number of morpholine rings is 1. The van der Waals surface area contributed by atoms with Gasteiger partial charge in [-0.15, -0.1) is 0 Å². The van der Waals surface area contributed by atoms with Gasteiger partial charge in [-0.05, 0) is 17.5 Å². The maximum Gasteiger partial charge on any atom is 0.185 e. The van der Waals surface area contributed by atoms with Crippen LogP contribution in [0.3, 0.4) is 0 Å². The van der Waals surface area contributed by atoms with Crippen molar-refractivity contribution in [1.82, 2.24) is 4.90 Å². The highest BCUT2D eigenvalue weighted by Gasteiger charge is 2.29.